The van der Waals surface area contributed by atoms with Crippen molar-refractivity contribution in [2.75, 3.05) is 58.8 Å². The average molecular weight is 563 g/mol. The number of pyridine rings is 1. The number of carboxylic acid groups (broad SMARTS) is 1. The molecule has 2 aromatic carbocycles. The van der Waals surface area contributed by atoms with Crippen LogP contribution >= 0.6 is 0 Å². The second-order valence-corrected chi connectivity index (χ2v) is 10.3. The number of hydrogen-bond acceptors (Lipinski definition) is 7. The minimum atomic E-state index is -5.08. The lowest BCUT2D eigenvalue weighted by atomic mass is 10.0. The first-order valence-electron chi connectivity index (χ1n) is 13.7. The van der Waals surface area contributed by atoms with Gasteiger partial charge in [0.2, 0.25) is 0 Å². The maximum Gasteiger partial charge on any atom is 0.490 e. The summed E-state index contributed by atoms with van der Waals surface area (Å²) in [5.41, 5.74) is 3.11. The van der Waals surface area contributed by atoms with Gasteiger partial charge in [-0.3, -0.25) is 0 Å². The van der Waals surface area contributed by atoms with Crippen LogP contribution in [0, 0.1) is 0 Å². The minimum Gasteiger partial charge on any atom is -0.493 e. The molecule has 1 aromatic heterocycles. The number of fused-ring (bicyclic) bond motifs is 2. The van der Waals surface area contributed by atoms with Crippen LogP contribution in [0.4, 0.5) is 18.9 Å². The molecule has 40 heavy (non-hydrogen) atoms. The number of benzene rings is 2. The number of nitrogens with zero attached hydrogens (tertiary/aromatic N) is 3. The number of aromatic nitrogens is 1. The summed E-state index contributed by atoms with van der Waals surface area (Å²) < 4.78 is 43.7. The molecule has 11 heteroatoms. The Morgan fingerprint density at radius 2 is 1.73 bits per heavy atom. The lowest BCUT2D eigenvalue weighted by Crippen LogP contribution is -2.36. The summed E-state index contributed by atoms with van der Waals surface area (Å²) in [6.07, 6.45) is 0.878. The number of rotatable bonds is 8. The van der Waals surface area contributed by atoms with Gasteiger partial charge in [-0.25, -0.2) is 9.78 Å². The molecule has 0 saturated carbocycles. The Balaban J connectivity index is 0.000000470. The summed E-state index contributed by atoms with van der Waals surface area (Å²) in [5, 5.41) is 13.2. The number of likely N-dealkylation sites (tertiary alicyclic amines) is 2. The molecule has 0 bridgehead atoms. The fourth-order valence-corrected chi connectivity index (χ4v) is 5.16. The van der Waals surface area contributed by atoms with Crippen molar-refractivity contribution in [2.45, 2.75) is 44.3 Å². The zero-order valence-corrected chi connectivity index (χ0v) is 23.0. The molecule has 218 valence electrons. The number of aliphatic carboxylic acids is 1. The van der Waals surface area contributed by atoms with Crippen molar-refractivity contribution in [1.29, 1.82) is 0 Å². The van der Waals surface area contributed by atoms with Gasteiger partial charge in [-0.05, 0) is 77.5 Å². The first-order valence-corrected chi connectivity index (χ1v) is 13.7. The summed E-state index contributed by atoms with van der Waals surface area (Å²) in [4.78, 5) is 18.8. The molecule has 8 nitrogen and oxygen atoms in total. The number of methoxy groups -OCH3 is 1. The normalized spacial score (nSPS) is 17.0. The van der Waals surface area contributed by atoms with E-state index in [0.29, 0.717) is 12.6 Å². The van der Waals surface area contributed by atoms with Crippen LogP contribution in [-0.4, -0.2) is 91.6 Å². The molecule has 0 spiro atoms. The number of anilines is 1. The molecule has 0 unspecified atom stereocenters. The highest BCUT2D eigenvalue weighted by Gasteiger charge is 2.38. The second-order valence-electron chi connectivity index (χ2n) is 10.3. The molecule has 5 rings (SSSR count). The monoisotopic (exact) mass is 562 g/mol. The van der Waals surface area contributed by atoms with Crippen molar-refractivity contribution in [2.24, 2.45) is 0 Å². The summed E-state index contributed by atoms with van der Waals surface area (Å²) in [6, 6.07) is 13.0. The van der Waals surface area contributed by atoms with Crippen LogP contribution < -0.4 is 14.8 Å². The van der Waals surface area contributed by atoms with Gasteiger partial charge in [0.05, 0.1) is 30.4 Å². The fraction of sp³-hybridized carbons (Fsp3) is 0.517. The molecule has 0 radical (unpaired) electrons. The number of carbonyl (C=O) groups is 1. The number of alkyl halides is 3. The quantitative estimate of drug-likeness (QED) is 0.279. The third-order valence-electron chi connectivity index (χ3n) is 7.35. The van der Waals surface area contributed by atoms with Crippen LogP contribution in [0.25, 0.3) is 21.8 Å². The number of hydrogen-bond donors (Lipinski definition) is 2. The molecular weight excluding hydrogens is 525 g/mol. The van der Waals surface area contributed by atoms with E-state index in [1.54, 1.807) is 7.11 Å². The largest absolute Gasteiger partial charge is 0.493 e. The van der Waals surface area contributed by atoms with E-state index in [1.165, 1.54) is 25.9 Å². The number of piperidine rings is 1. The smallest absolute Gasteiger partial charge is 0.490 e. The van der Waals surface area contributed by atoms with Crippen molar-refractivity contribution in [3.05, 3.63) is 36.4 Å². The molecule has 2 fully saturated rings. The summed E-state index contributed by atoms with van der Waals surface area (Å²) in [7, 11) is 3.92. The van der Waals surface area contributed by atoms with Crippen molar-refractivity contribution >= 4 is 33.5 Å². The number of halogens is 3. The molecule has 2 N–H and O–H groups in total. The molecule has 3 heterocycles. The van der Waals surface area contributed by atoms with E-state index in [4.69, 9.17) is 24.4 Å². The molecule has 0 aliphatic carbocycles. The van der Waals surface area contributed by atoms with Crippen LogP contribution in [0.1, 0.15) is 32.1 Å². The van der Waals surface area contributed by atoms with Crippen LogP contribution in [0.5, 0.6) is 11.5 Å². The Hall–Kier alpha value is -3.31. The van der Waals surface area contributed by atoms with E-state index < -0.39 is 12.1 Å². The van der Waals surface area contributed by atoms with Gasteiger partial charge >= 0.3 is 12.1 Å². The molecular formula is C29H37F3N4O4. The number of ether oxygens (including phenoxy) is 2. The van der Waals surface area contributed by atoms with E-state index >= 15 is 0 Å². The first kappa shape index (κ1) is 29.7. The Morgan fingerprint density at radius 3 is 2.38 bits per heavy atom. The lowest BCUT2D eigenvalue weighted by Gasteiger charge is -2.31. The highest BCUT2D eigenvalue weighted by molar-refractivity contribution is 6.08. The zero-order valence-electron chi connectivity index (χ0n) is 23.0. The van der Waals surface area contributed by atoms with E-state index in [9.17, 15) is 13.2 Å². The van der Waals surface area contributed by atoms with Crippen molar-refractivity contribution in [1.82, 2.24) is 14.8 Å². The molecule has 0 atom stereocenters. The maximum atomic E-state index is 10.6. The molecule has 2 aliphatic rings. The Morgan fingerprint density at radius 1 is 1.05 bits per heavy atom. The fourth-order valence-electron chi connectivity index (χ4n) is 5.16. The average Bonchev–Trinajstić information content (AvgIpc) is 3.45. The predicted molar refractivity (Wildman–Crippen MR) is 149 cm³/mol. The summed E-state index contributed by atoms with van der Waals surface area (Å²) in [6.45, 7) is 6.48. The highest BCUT2D eigenvalue weighted by atomic mass is 19.4. The number of para-hydroxylation sites is 1. The van der Waals surface area contributed by atoms with Crippen LogP contribution in [0.3, 0.4) is 0 Å². The van der Waals surface area contributed by atoms with Gasteiger partial charge in [-0.2, -0.15) is 13.2 Å². The number of nitrogens with one attached hydrogen (secondary N) is 1. The maximum absolute atomic E-state index is 10.6. The summed E-state index contributed by atoms with van der Waals surface area (Å²) in [5.74, 6) is -1.21. The molecule has 2 aliphatic heterocycles. The Bertz CT molecular complexity index is 1290. The topological polar surface area (TPSA) is 87.2 Å². The van der Waals surface area contributed by atoms with Gasteiger partial charge in [-0.15, -0.1) is 0 Å². The van der Waals surface area contributed by atoms with E-state index in [-0.39, 0.29) is 0 Å². The van der Waals surface area contributed by atoms with Crippen molar-refractivity contribution < 1.29 is 32.5 Å². The Labute approximate surface area is 232 Å². The molecule has 0 amide bonds. The van der Waals surface area contributed by atoms with Crippen molar-refractivity contribution in [3.63, 3.8) is 0 Å². The Kier molecular flexibility index (Phi) is 9.91. The standard InChI is InChI=1S/C27H36N4O2.C2HF3O2/c1-30-15-10-20(11-16-30)28-27-21-8-3-4-9-23(21)29-24-19-26(25(32-2)18-22(24)27)33-17-7-14-31-12-5-6-13-31;3-2(4,5)1(6)7/h3-4,8-9,18-20H,5-7,10-17H2,1-2H3,(H,28,29);(H,6,7). The molecule has 3 aromatic rings. The summed E-state index contributed by atoms with van der Waals surface area (Å²) >= 11 is 0. The lowest BCUT2D eigenvalue weighted by molar-refractivity contribution is -0.192. The van der Waals surface area contributed by atoms with Crippen molar-refractivity contribution in [3.8, 4) is 11.5 Å². The minimum absolute atomic E-state index is 0.461. The SMILES string of the molecule is COc1cc2c(NC3CCN(C)CC3)c3ccccc3nc2cc1OCCCN1CCCC1.O=C(O)C(F)(F)F. The van der Waals surface area contributed by atoms with Gasteiger partial charge in [-0.1, -0.05) is 18.2 Å². The van der Waals surface area contributed by atoms with E-state index in [1.807, 2.05) is 0 Å². The predicted octanol–water partition coefficient (Wildman–Crippen LogP) is 5.40. The van der Waals surface area contributed by atoms with E-state index in [0.717, 1.165) is 77.9 Å². The number of carboxylic acids is 1. The van der Waals surface area contributed by atoms with Gasteiger partial charge in [0, 0.05) is 29.4 Å². The van der Waals surface area contributed by atoms with Crippen LogP contribution in [0.2, 0.25) is 0 Å². The highest BCUT2D eigenvalue weighted by Crippen LogP contribution is 2.39. The molecule has 2 saturated heterocycles. The third-order valence-corrected chi connectivity index (χ3v) is 7.35. The zero-order chi connectivity index (χ0) is 28.7. The first-order chi connectivity index (χ1) is 19.2. The van der Waals surface area contributed by atoms with Gasteiger partial charge < -0.3 is 29.7 Å². The second kappa shape index (κ2) is 13.4. The van der Waals surface area contributed by atoms with Gasteiger partial charge in [0.15, 0.2) is 11.5 Å². The van der Waals surface area contributed by atoms with Gasteiger partial charge in [0.1, 0.15) is 0 Å². The van der Waals surface area contributed by atoms with Crippen LogP contribution in [0.15, 0.2) is 36.4 Å². The third kappa shape index (κ3) is 7.66. The van der Waals surface area contributed by atoms with Crippen LogP contribution in [-0.2, 0) is 4.79 Å². The van der Waals surface area contributed by atoms with Gasteiger partial charge in [0.25, 0.3) is 0 Å². The van der Waals surface area contributed by atoms with E-state index in [2.05, 4.69) is 58.6 Å².